The molecule has 0 aromatic carbocycles. The van der Waals surface area contributed by atoms with Gasteiger partial charge in [-0.05, 0) is 18.9 Å². The van der Waals surface area contributed by atoms with Crippen molar-refractivity contribution >= 4 is 5.97 Å². The summed E-state index contributed by atoms with van der Waals surface area (Å²) >= 11 is 0. The van der Waals surface area contributed by atoms with Crippen LogP contribution in [0.5, 0.6) is 0 Å². The summed E-state index contributed by atoms with van der Waals surface area (Å²) in [5.74, 6) is -0.413. The van der Waals surface area contributed by atoms with E-state index in [2.05, 4.69) is 0 Å². The van der Waals surface area contributed by atoms with Crippen LogP contribution in [-0.4, -0.2) is 17.6 Å². The fourth-order valence-corrected chi connectivity index (χ4v) is 1.04. The van der Waals surface area contributed by atoms with Gasteiger partial charge in [-0.1, -0.05) is 19.8 Å². The Labute approximate surface area is 67.6 Å². The number of aliphatic carboxylic acids is 1. The highest BCUT2D eigenvalue weighted by atomic mass is 16.4. The predicted octanol–water partition coefficient (Wildman–Crippen LogP) is 1.23. The van der Waals surface area contributed by atoms with Crippen LogP contribution < -0.4 is 5.73 Å². The minimum atomic E-state index is -0.703. The standard InChI is InChI=1S/C8H17NO2/c1-7(6-8(10)11)4-2-3-5-9/h7H,2-6,9H2,1H3,(H,10,11). The predicted molar refractivity (Wildman–Crippen MR) is 44.3 cm³/mol. The van der Waals surface area contributed by atoms with Crippen LogP contribution in [0.3, 0.4) is 0 Å². The Balaban J connectivity index is 3.22. The first kappa shape index (κ1) is 10.4. The van der Waals surface area contributed by atoms with Crippen molar-refractivity contribution in [3.63, 3.8) is 0 Å². The van der Waals surface area contributed by atoms with Crippen molar-refractivity contribution in [3.05, 3.63) is 0 Å². The van der Waals surface area contributed by atoms with Crippen LogP contribution >= 0.6 is 0 Å². The Morgan fingerprint density at radius 2 is 2.18 bits per heavy atom. The molecule has 0 aliphatic carbocycles. The molecule has 0 bridgehead atoms. The first-order valence-corrected chi connectivity index (χ1v) is 4.08. The molecule has 0 aliphatic rings. The molecular formula is C8H17NO2. The summed E-state index contributed by atoms with van der Waals surface area (Å²) in [6, 6.07) is 0. The van der Waals surface area contributed by atoms with Crippen LogP contribution in [0.15, 0.2) is 0 Å². The Kier molecular flexibility index (Phi) is 5.84. The molecule has 3 N–H and O–H groups in total. The minimum Gasteiger partial charge on any atom is -0.481 e. The van der Waals surface area contributed by atoms with Crippen molar-refractivity contribution in [1.82, 2.24) is 0 Å². The lowest BCUT2D eigenvalue weighted by atomic mass is 10.0. The largest absolute Gasteiger partial charge is 0.481 e. The maximum atomic E-state index is 10.2. The molecule has 0 heterocycles. The van der Waals surface area contributed by atoms with Gasteiger partial charge in [-0.15, -0.1) is 0 Å². The molecule has 3 heteroatoms. The SMILES string of the molecule is CC(CCCCN)CC(=O)O. The summed E-state index contributed by atoms with van der Waals surface area (Å²) in [6.07, 6.45) is 3.31. The topological polar surface area (TPSA) is 63.3 Å². The second kappa shape index (κ2) is 6.16. The number of hydrogen-bond acceptors (Lipinski definition) is 2. The Morgan fingerprint density at radius 3 is 2.64 bits per heavy atom. The van der Waals surface area contributed by atoms with Gasteiger partial charge in [0.25, 0.3) is 0 Å². The second-order valence-corrected chi connectivity index (χ2v) is 2.99. The van der Waals surface area contributed by atoms with Gasteiger partial charge in [0.15, 0.2) is 0 Å². The van der Waals surface area contributed by atoms with Crippen molar-refractivity contribution in [2.24, 2.45) is 11.7 Å². The number of rotatable bonds is 6. The third-order valence-corrected chi connectivity index (χ3v) is 1.67. The number of carboxylic acids is 1. The van der Waals surface area contributed by atoms with Crippen molar-refractivity contribution in [2.45, 2.75) is 32.6 Å². The molecule has 0 aliphatic heterocycles. The average molecular weight is 159 g/mol. The Hall–Kier alpha value is -0.570. The van der Waals surface area contributed by atoms with E-state index >= 15 is 0 Å². The summed E-state index contributed by atoms with van der Waals surface area (Å²) in [5, 5.41) is 8.42. The lowest BCUT2D eigenvalue weighted by Gasteiger charge is -2.06. The lowest BCUT2D eigenvalue weighted by Crippen LogP contribution is -2.05. The van der Waals surface area contributed by atoms with E-state index in [0.29, 0.717) is 12.5 Å². The molecule has 0 saturated carbocycles. The quantitative estimate of drug-likeness (QED) is 0.573. The van der Waals surface area contributed by atoms with Crippen LogP contribution in [0, 0.1) is 5.92 Å². The molecule has 1 atom stereocenters. The first-order valence-electron chi connectivity index (χ1n) is 4.08. The Morgan fingerprint density at radius 1 is 1.55 bits per heavy atom. The normalized spacial score (nSPS) is 12.9. The van der Waals surface area contributed by atoms with E-state index in [1.165, 1.54) is 0 Å². The van der Waals surface area contributed by atoms with Crippen molar-refractivity contribution in [1.29, 1.82) is 0 Å². The summed E-state index contributed by atoms with van der Waals surface area (Å²) in [5.41, 5.74) is 5.30. The molecule has 11 heavy (non-hydrogen) atoms. The fraction of sp³-hybridized carbons (Fsp3) is 0.875. The lowest BCUT2D eigenvalue weighted by molar-refractivity contribution is -0.138. The molecule has 0 aromatic rings. The first-order chi connectivity index (χ1) is 5.16. The number of nitrogens with two attached hydrogens (primary N) is 1. The van der Waals surface area contributed by atoms with Crippen LogP contribution in [0.2, 0.25) is 0 Å². The molecule has 0 radical (unpaired) electrons. The molecule has 0 aromatic heterocycles. The molecule has 0 rings (SSSR count). The Bertz CT molecular complexity index is 115. The highest BCUT2D eigenvalue weighted by Crippen LogP contribution is 2.10. The van der Waals surface area contributed by atoms with Gasteiger partial charge in [0.1, 0.15) is 0 Å². The van der Waals surface area contributed by atoms with E-state index in [1.807, 2.05) is 6.92 Å². The van der Waals surface area contributed by atoms with Gasteiger partial charge in [0.2, 0.25) is 0 Å². The van der Waals surface area contributed by atoms with Crippen molar-refractivity contribution < 1.29 is 9.90 Å². The smallest absolute Gasteiger partial charge is 0.303 e. The van der Waals surface area contributed by atoms with Crippen LogP contribution in [0.1, 0.15) is 32.6 Å². The van der Waals surface area contributed by atoms with Gasteiger partial charge in [-0.3, -0.25) is 4.79 Å². The maximum absolute atomic E-state index is 10.2. The highest BCUT2D eigenvalue weighted by molar-refractivity contribution is 5.66. The molecule has 0 fully saturated rings. The van der Waals surface area contributed by atoms with Crippen molar-refractivity contribution in [3.8, 4) is 0 Å². The average Bonchev–Trinajstić information content (AvgIpc) is 1.86. The van der Waals surface area contributed by atoms with Gasteiger partial charge >= 0.3 is 5.97 Å². The van der Waals surface area contributed by atoms with Crippen molar-refractivity contribution in [2.75, 3.05) is 6.54 Å². The number of carboxylic acid groups (broad SMARTS) is 1. The van der Waals surface area contributed by atoms with Gasteiger partial charge in [-0.25, -0.2) is 0 Å². The monoisotopic (exact) mass is 159 g/mol. The molecule has 3 nitrogen and oxygen atoms in total. The van der Waals surface area contributed by atoms with E-state index < -0.39 is 5.97 Å². The second-order valence-electron chi connectivity index (χ2n) is 2.99. The van der Waals surface area contributed by atoms with Gasteiger partial charge in [-0.2, -0.15) is 0 Å². The highest BCUT2D eigenvalue weighted by Gasteiger charge is 2.05. The molecule has 0 spiro atoms. The van der Waals surface area contributed by atoms with Crippen LogP contribution in [0.4, 0.5) is 0 Å². The zero-order valence-electron chi connectivity index (χ0n) is 7.05. The molecule has 66 valence electrons. The summed E-state index contributed by atoms with van der Waals surface area (Å²) in [7, 11) is 0. The molecule has 0 amide bonds. The van der Waals surface area contributed by atoms with E-state index in [9.17, 15) is 4.79 Å². The van der Waals surface area contributed by atoms with E-state index in [4.69, 9.17) is 10.8 Å². The van der Waals surface area contributed by atoms with Gasteiger partial charge in [0, 0.05) is 6.42 Å². The van der Waals surface area contributed by atoms with E-state index in [1.54, 1.807) is 0 Å². The summed E-state index contributed by atoms with van der Waals surface area (Å²) in [4.78, 5) is 10.2. The van der Waals surface area contributed by atoms with Gasteiger partial charge in [0.05, 0.1) is 0 Å². The number of unbranched alkanes of at least 4 members (excludes halogenated alkanes) is 1. The van der Waals surface area contributed by atoms with E-state index in [-0.39, 0.29) is 6.42 Å². The van der Waals surface area contributed by atoms with Gasteiger partial charge < -0.3 is 10.8 Å². The molecular weight excluding hydrogens is 142 g/mol. The summed E-state index contributed by atoms with van der Waals surface area (Å²) < 4.78 is 0. The zero-order chi connectivity index (χ0) is 8.69. The molecule has 0 saturated heterocycles. The molecule has 1 unspecified atom stereocenters. The third kappa shape index (κ3) is 7.33. The van der Waals surface area contributed by atoms with Crippen LogP contribution in [0.25, 0.3) is 0 Å². The minimum absolute atomic E-state index is 0.282. The van der Waals surface area contributed by atoms with Crippen LogP contribution in [-0.2, 0) is 4.79 Å². The fourth-order valence-electron chi connectivity index (χ4n) is 1.04. The van der Waals surface area contributed by atoms with E-state index in [0.717, 1.165) is 19.3 Å². The number of hydrogen-bond donors (Lipinski definition) is 2. The maximum Gasteiger partial charge on any atom is 0.303 e. The summed E-state index contributed by atoms with van der Waals surface area (Å²) in [6.45, 7) is 2.67. The number of carbonyl (C=O) groups is 1. The third-order valence-electron chi connectivity index (χ3n) is 1.67. The zero-order valence-corrected chi connectivity index (χ0v) is 7.05.